The van der Waals surface area contributed by atoms with Crippen LogP contribution in [0.5, 0.6) is 0 Å². The van der Waals surface area contributed by atoms with Crippen LogP contribution >= 0.6 is 23.2 Å². The zero-order valence-corrected chi connectivity index (χ0v) is 6.66. The lowest BCUT2D eigenvalue weighted by atomic mass is 10.4. The van der Waals surface area contributed by atoms with Gasteiger partial charge in [-0.3, -0.25) is 4.79 Å². The minimum Gasteiger partial charge on any atom is -0.274 e. The van der Waals surface area contributed by atoms with Crippen molar-refractivity contribution in [1.82, 2.24) is 4.98 Å². The summed E-state index contributed by atoms with van der Waals surface area (Å²) in [4.78, 5) is 13.6. The smallest absolute Gasteiger partial charge is 0.270 e. The molecule has 58 valence electrons. The molecule has 1 rings (SSSR count). The van der Waals surface area contributed by atoms with E-state index >= 15 is 0 Å². The number of hydrogen-bond donors (Lipinski definition) is 0. The molecule has 1 heterocycles. The van der Waals surface area contributed by atoms with E-state index in [9.17, 15) is 9.18 Å². The Hall–Kier alpha value is -0.670. The van der Waals surface area contributed by atoms with E-state index in [0.717, 1.165) is 6.07 Å². The Morgan fingerprint density at radius 3 is 2.64 bits per heavy atom. The van der Waals surface area contributed by atoms with Crippen LogP contribution in [0.3, 0.4) is 0 Å². The molecule has 0 N–H and O–H groups in total. The Morgan fingerprint density at radius 1 is 1.55 bits per heavy atom. The maximum atomic E-state index is 12.4. The average Bonchev–Trinajstić information content (AvgIpc) is 1.85. The van der Waals surface area contributed by atoms with Gasteiger partial charge in [0.1, 0.15) is 5.69 Å². The molecule has 0 spiro atoms. The molecule has 0 saturated heterocycles. The van der Waals surface area contributed by atoms with Gasteiger partial charge in [0.15, 0.2) is 0 Å². The van der Waals surface area contributed by atoms with Crippen LogP contribution in [0.4, 0.5) is 4.39 Å². The van der Waals surface area contributed by atoms with Gasteiger partial charge in [0.05, 0.1) is 0 Å². The molecule has 2 nitrogen and oxygen atoms in total. The van der Waals surface area contributed by atoms with E-state index in [2.05, 4.69) is 4.98 Å². The van der Waals surface area contributed by atoms with Crippen LogP contribution < -0.4 is 0 Å². The first-order valence-corrected chi connectivity index (χ1v) is 3.38. The number of hydrogen-bond acceptors (Lipinski definition) is 2. The Morgan fingerprint density at radius 2 is 2.18 bits per heavy atom. The van der Waals surface area contributed by atoms with Crippen LogP contribution in [0.15, 0.2) is 12.1 Å². The molecule has 1 aromatic heterocycles. The molecule has 0 aromatic carbocycles. The average molecular weight is 194 g/mol. The second kappa shape index (κ2) is 3.15. The molecule has 0 atom stereocenters. The fourth-order valence-corrected chi connectivity index (χ4v) is 0.857. The van der Waals surface area contributed by atoms with Crippen LogP contribution in [0, 0.1) is 5.95 Å². The first-order chi connectivity index (χ1) is 5.09. The molecular formula is C6H2Cl2FNO. The number of carbonyl (C=O) groups is 1. The summed E-state index contributed by atoms with van der Waals surface area (Å²) in [5.41, 5.74) is -0.184. The molecule has 11 heavy (non-hydrogen) atoms. The van der Waals surface area contributed by atoms with Gasteiger partial charge in [0.25, 0.3) is 5.24 Å². The lowest BCUT2D eigenvalue weighted by Gasteiger charge is -1.93. The summed E-state index contributed by atoms with van der Waals surface area (Å²) in [5.74, 6) is -0.818. The number of carbonyl (C=O) groups excluding carboxylic acids is 1. The second-order valence-corrected chi connectivity index (χ2v) is 2.55. The van der Waals surface area contributed by atoms with Crippen molar-refractivity contribution in [2.75, 3.05) is 0 Å². The molecule has 0 aliphatic carbocycles. The third kappa shape index (κ3) is 2.13. The number of halogens is 3. The number of aromatic nitrogens is 1. The van der Waals surface area contributed by atoms with Gasteiger partial charge in [-0.2, -0.15) is 4.39 Å². The highest BCUT2D eigenvalue weighted by Crippen LogP contribution is 2.12. The third-order valence-electron chi connectivity index (χ3n) is 0.960. The highest BCUT2D eigenvalue weighted by molar-refractivity contribution is 6.67. The van der Waals surface area contributed by atoms with Crippen LogP contribution in [0.2, 0.25) is 5.02 Å². The minimum absolute atomic E-state index is 0.0986. The molecule has 1 aromatic rings. The van der Waals surface area contributed by atoms with Crippen molar-refractivity contribution < 1.29 is 9.18 Å². The molecule has 5 heteroatoms. The van der Waals surface area contributed by atoms with E-state index in [1.54, 1.807) is 0 Å². The third-order valence-corrected chi connectivity index (χ3v) is 1.37. The fourth-order valence-electron chi connectivity index (χ4n) is 0.566. The van der Waals surface area contributed by atoms with Crippen molar-refractivity contribution in [1.29, 1.82) is 0 Å². The highest BCUT2D eigenvalue weighted by atomic mass is 35.5. The zero-order chi connectivity index (χ0) is 8.43. The van der Waals surface area contributed by atoms with Crippen molar-refractivity contribution in [3.05, 3.63) is 28.8 Å². The van der Waals surface area contributed by atoms with E-state index in [1.165, 1.54) is 6.07 Å². The number of rotatable bonds is 1. The molecular weight excluding hydrogens is 192 g/mol. The highest BCUT2D eigenvalue weighted by Gasteiger charge is 2.06. The SMILES string of the molecule is O=C(Cl)c1cc(Cl)cc(F)n1. The summed E-state index contributed by atoms with van der Waals surface area (Å²) >= 11 is 10.4. The molecule has 0 aliphatic rings. The van der Waals surface area contributed by atoms with Gasteiger partial charge in [-0.1, -0.05) is 11.6 Å². The summed E-state index contributed by atoms with van der Waals surface area (Å²) in [6, 6.07) is 2.19. The van der Waals surface area contributed by atoms with Crippen LogP contribution in [0.25, 0.3) is 0 Å². The fraction of sp³-hybridized carbons (Fsp3) is 0. The number of pyridine rings is 1. The largest absolute Gasteiger partial charge is 0.274 e. The lowest BCUT2D eigenvalue weighted by Crippen LogP contribution is -1.95. The van der Waals surface area contributed by atoms with Crippen molar-refractivity contribution in [2.24, 2.45) is 0 Å². The predicted molar refractivity (Wildman–Crippen MR) is 39.4 cm³/mol. The summed E-state index contributed by atoms with van der Waals surface area (Å²) in [6.07, 6.45) is 0. The Bertz CT molecular complexity index is 282. The van der Waals surface area contributed by atoms with Crippen molar-refractivity contribution in [3.63, 3.8) is 0 Å². The van der Waals surface area contributed by atoms with Crippen molar-refractivity contribution >= 4 is 28.4 Å². The first kappa shape index (κ1) is 8.43. The summed E-state index contributed by atoms with van der Waals surface area (Å²) in [6.45, 7) is 0. The Balaban J connectivity index is 3.19. The van der Waals surface area contributed by atoms with E-state index in [0.29, 0.717) is 0 Å². The number of nitrogens with zero attached hydrogens (tertiary/aromatic N) is 1. The van der Waals surface area contributed by atoms with Gasteiger partial charge in [-0.15, -0.1) is 0 Å². The molecule has 0 aliphatic heterocycles. The monoisotopic (exact) mass is 193 g/mol. The molecule has 0 bridgehead atoms. The van der Waals surface area contributed by atoms with Gasteiger partial charge >= 0.3 is 0 Å². The van der Waals surface area contributed by atoms with Crippen LogP contribution in [-0.4, -0.2) is 10.2 Å². The normalized spacial score (nSPS) is 9.73. The van der Waals surface area contributed by atoms with Gasteiger partial charge in [-0.25, -0.2) is 4.98 Å². The van der Waals surface area contributed by atoms with E-state index < -0.39 is 11.2 Å². The zero-order valence-electron chi connectivity index (χ0n) is 5.14. The van der Waals surface area contributed by atoms with Gasteiger partial charge in [0, 0.05) is 11.1 Å². The predicted octanol–water partition coefficient (Wildman–Crippen LogP) is 2.25. The molecule has 0 saturated carbocycles. The van der Waals surface area contributed by atoms with E-state index in [1.807, 2.05) is 0 Å². The topological polar surface area (TPSA) is 30.0 Å². The lowest BCUT2D eigenvalue weighted by molar-refractivity contribution is 0.107. The quantitative estimate of drug-likeness (QED) is 0.506. The second-order valence-electron chi connectivity index (χ2n) is 1.77. The Labute approximate surface area is 71.9 Å². The van der Waals surface area contributed by atoms with E-state index in [-0.39, 0.29) is 10.7 Å². The molecule has 0 amide bonds. The first-order valence-electron chi connectivity index (χ1n) is 2.62. The summed E-state index contributed by atoms with van der Waals surface area (Å²) in [5, 5.41) is -0.729. The van der Waals surface area contributed by atoms with Gasteiger partial charge in [0.2, 0.25) is 5.95 Å². The molecule has 0 unspecified atom stereocenters. The minimum atomic E-state index is -0.827. The standard InChI is InChI=1S/C6H2Cl2FNO/c7-3-1-4(6(8)11)10-5(9)2-3/h1-2H. The summed E-state index contributed by atoms with van der Waals surface area (Å²) < 4.78 is 12.4. The van der Waals surface area contributed by atoms with Crippen molar-refractivity contribution in [2.45, 2.75) is 0 Å². The van der Waals surface area contributed by atoms with Gasteiger partial charge < -0.3 is 0 Å². The van der Waals surface area contributed by atoms with Crippen LogP contribution in [0.1, 0.15) is 10.5 Å². The Kier molecular flexibility index (Phi) is 2.42. The van der Waals surface area contributed by atoms with Crippen molar-refractivity contribution in [3.8, 4) is 0 Å². The van der Waals surface area contributed by atoms with Gasteiger partial charge in [-0.05, 0) is 17.7 Å². The van der Waals surface area contributed by atoms with E-state index in [4.69, 9.17) is 23.2 Å². The van der Waals surface area contributed by atoms with Crippen LogP contribution in [-0.2, 0) is 0 Å². The maximum Gasteiger partial charge on any atom is 0.270 e. The molecule has 0 radical (unpaired) electrons. The maximum absolute atomic E-state index is 12.4. The molecule has 0 fully saturated rings. The summed E-state index contributed by atoms with van der Waals surface area (Å²) in [7, 11) is 0.